The van der Waals surface area contributed by atoms with E-state index in [0.29, 0.717) is 24.9 Å². The number of carboxylic acids is 1. The van der Waals surface area contributed by atoms with Crippen LogP contribution in [0.5, 0.6) is 0 Å². The van der Waals surface area contributed by atoms with Gasteiger partial charge in [0.15, 0.2) is 0 Å². The molecule has 1 saturated heterocycles. The molecule has 1 saturated carbocycles. The maximum absolute atomic E-state index is 12.1. The van der Waals surface area contributed by atoms with Crippen molar-refractivity contribution in [2.75, 3.05) is 13.1 Å². The summed E-state index contributed by atoms with van der Waals surface area (Å²) < 4.78 is 0. The van der Waals surface area contributed by atoms with Crippen LogP contribution in [-0.2, 0) is 4.79 Å². The van der Waals surface area contributed by atoms with E-state index in [9.17, 15) is 9.59 Å². The molecule has 1 aliphatic heterocycles. The van der Waals surface area contributed by atoms with Crippen molar-refractivity contribution in [3.8, 4) is 0 Å². The topological polar surface area (TPSA) is 69.6 Å². The largest absolute Gasteiger partial charge is 0.481 e. The molecule has 1 aliphatic carbocycles. The number of nitrogens with one attached hydrogen (secondary N) is 1. The van der Waals surface area contributed by atoms with E-state index in [-0.39, 0.29) is 12.5 Å². The molecule has 5 nitrogen and oxygen atoms in total. The second-order valence-electron chi connectivity index (χ2n) is 6.11. The lowest BCUT2D eigenvalue weighted by Crippen LogP contribution is -2.51. The zero-order valence-electron chi connectivity index (χ0n) is 11.6. The second kappa shape index (κ2) is 6.26. The number of aliphatic carboxylic acids is 1. The SMILES string of the molecule is CC1CC(NC(=O)N2CCCC(CCC(=O)O)C2)C1. The fourth-order valence-corrected chi connectivity index (χ4v) is 3.10. The quantitative estimate of drug-likeness (QED) is 0.820. The highest BCUT2D eigenvalue weighted by Gasteiger charge is 2.30. The number of piperidine rings is 1. The standard InChI is InChI=1S/C14H24N2O3/c1-10-7-12(8-10)15-14(19)16-6-2-3-11(9-16)4-5-13(17)18/h10-12H,2-9H2,1H3,(H,15,19)(H,17,18). The van der Waals surface area contributed by atoms with Crippen LogP contribution in [0.25, 0.3) is 0 Å². The van der Waals surface area contributed by atoms with Crippen LogP contribution in [0.15, 0.2) is 0 Å². The third-order valence-electron chi connectivity index (χ3n) is 4.27. The van der Waals surface area contributed by atoms with Gasteiger partial charge in [0.25, 0.3) is 0 Å². The van der Waals surface area contributed by atoms with E-state index in [1.165, 1.54) is 0 Å². The molecule has 5 heteroatoms. The second-order valence-corrected chi connectivity index (χ2v) is 6.11. The Hall–Kier alpha value is -1.26. The molecule has 2 N–H and O–H groups in total. The first kappa shape index (κ1) is 14.2. The van der Waals surface area contributed by atoms with Crippen LogP contribution in [0, 0.1) is 11.8 Å². The van der Waals surface area contributed by atoms with E-state index in [0.717, 1.165) is 38.1 Å². The van der Waals surface area contributed by atoms with E-state index in [4.69, 9.17) is 5.11 Å². The van der Waals surface area contributed by atoms with Gasteiger partial charge < -0.3 is 15.3 Å². The highest BCUT2D eigenvalue weighted by atomic mass is 16.4. The lowest BCUT2D eigenvalue weighted by Gasteiger charge is -2.37. The number of carboxylic acid groups (broad SMARTS) is 1. The Kier molecular flexibility index (Phi) is 4.66. The van der Waals surface area contributed by atoms with Crippen LogP contribution >= 0.6 is 0 Å². The molecule has 0 aromatic carbocycles. The zero-order chi connectivity index (χ0) is 13.8. The minimum atomic E-state index is -0.745. The predicted octanol–water partition coefficient (Wildman–Crippen LogP) is 2.07. The summed E-state index contributed by atoms with van der Waals surface area (Å²) in [5.41, 5.74) is 0. The van der Waals surface area contributed by atoms with Crippen molar-refractivity contribution in [3.63, 3.8) is 0 Å². The van der Waals surface area contributed by atoms with Crippen molar-refractivity contribution >= 4 is 12.0 Å². The number of likely N-dealkylation sites (tertiary alicyclic amines) is 1. The van der Waals surface area contributed by atoms with Gasteiger partial charge in [-0.05, 0) is 43.9 Å². The molecule has 2 fully saturated rings. The molecule has 1 unspecified atom stereocenters. The van der Waals surface area contributed by atoms with Gasteiger partial charge in [0.05, 0.1) is 0 Å². The molecule has 0 spiro atoms. The lowest BCUT2D eigenvalue weighted by atomic mass is 9.82. The number of urea groups is 1. The van der Waals surface area contributed by atoms with Crippen LogP contribution in [0.1, 0.15) is 45.4 Å². The number of amides is 2. The van der Waals surface area contributed by atoms with Crippen LogP contribution in [0.2, 0.25) is 0 Å². The fourth-order valence-electron chi connectivity index (χ4n) is 3.10. The molecule has 1 heterocycles. The molecular weight excluding hydrogens is 244 g/mol. The number of rotatable bonds is 4. The number of hydrogen-bond acceptors (Lipinski definition) is 2. The van der Waals surface area contributed by atoms with Crippen molar-refractivity contribution in [3.05, 3.63) is 0 Å². The van der Waals surface area contributed by atoms with E-state index in [1.807, 2.05) is 4.90 Å². The van der Waals surface area contributed by atoms with Crippen LogP contribution in [0.3, 0.4) is 0 Å². The summed E-state index contributed by atoms with van der Waals surface area (Å²) in [6.45, 7) is 3.71. The van der Waals surface area contributed by atoms with E-state index in [1.54, 1.807) is 0 Å². The first-order valence-corrected chi connectivity index (χ1v) is 7.32. The molecule has 1 atom stereocenters. The Morgan fingerprint density at radius 2 is 2.11 bits per heavy atom. The van der Waals surface area contributed by atoms with Gasteiger partial charge in [-0.25, -0.2) is 4.79 Å². The third-order valence-corrected chi connectivity index (χ3v) is 4.27. The van der Waals surface area contributed by atoms with Crippen molar-refractivity contribution in [2.45, 2.75) is 51.5 Å². The Balaban J connectivity index is 1.73. The number of nitrogens with zero attached hydrogens (tertiary/aromatic N) is 1. The Morgan fingerprint density at radius 1 is 1.37 bits per heavy atom. The van der Waals surface area contributed by atoms with Gasteiger partial charge in [0, 0.05) is 25.6 Å². The molecule has 2 rings (SSSR count). The van der Waals surface area contributed by atoms with Gasteiger partial charge in [-0.1, -0.05) is 6.92 Å². The Labute approximate surface area is 114 Å². The van der Waals surface area contributed by atoms with Gasteiger partial charge in [-0.2, -0.15) is 0 Å². The summed E-state index contributed by atoms with van der Waals surface area (Å²) in [4.78, 5) is 24.5. The number of carbonyl (C=O) groups excluding carboxylic acids is 1. The molecule has 0 bridgehead atoms. The van der Waals surface area contributed by atoms with Gasteiger partial charge in [-0.15, -0.1) is 0 Å². The fraction of sp³-hybridized carbons (Fsp3) is 0.857. The number of hydrogen-bond donors (Lipinski definition) is 2. The summed E-state index contributed by atoms with van der Waals surface area (Å²) >= 11 is 0. The van der Waals surface area contributed by atoms with Crippen molar-refractivity contribution < 1.29 is 14.7 Å². The molecule has 19 heavy (non-hydrogen) atoms. The zero-order valence-corrected chi connectivity index (χ0v) is 11.6. The van der Waals surface area contributed by atoms with E-state index >= 15 is 0 Å². The van der Waals surface area contributed by atoms with Crippen molar-refractivity contribution in [1.29, 1.82) is 0 Å². The molecule has 0 aromatic heterocycles. The first-order chi connectivity index (χ1) is 9.04. The van der Waals surface area contributed by atoms with E-state index < -0.39 is 5.97 Å². The highest BCUT2D eigenvalue weighted by Crippen LogP contribution is 2.27. The molecule has 2 aliphatic rings. The van der Waals surface area contributed by atoms with Gasteiger partial charge >= 0.3 is 12.0 Å². The van der Waals surface area contributed by atoms with Crippen molar-refractivity contribution in [2.24, 2.45) is 11.8 Å². The highest BCUT2D eigenvalue weighted by molar-refractivity contribution is 5.74. The molecular formula is C14H24N2O3. The maximum Gasteiger partial charge on any atom is 0.317 e. The monoisotopic (exact) mass is 268 g/mol. The van der Waals surface area contributed by atoms with Gasteiger partial charge in [-0.3, -0.25) is 4.79 Å². The van der Waals surface area contributed by atoms with Gasteiger partial charge in [0.2, 0.25) is 0 Å². The predicted molar refractivity (Wildman–Crippen MR) is 71.9 cm³/mol. The molecule has 108 valence electrons. The van der Waals surface area contributed by atoms with Crippen LogP contribution in [0.4, 0.5) is 4.79 Å². The summed E-state index contributed by atoms with van der Waals surface area (Å²) in [5.74, 6) is 0.330. The van der Waals surface area contributed by atoms with Crippen LogP contribution in [-0.4, -0.2) is 41.1 Å². The van der Waals surface area contributed by atoms with Crippen LogP contribution < -0.4 is 5.32 Å². The summed E-state index contributed by atoms with van der Waals surface area (Å²) in [5, 5.41) is 11.8. The average molecular weight is 268 g/mol. The third kappa shape index (κ3) is 4.11. The lowest BCUT2D eigenvalue weighted by molar-refractivity contribution is -0.137. The molecule has 2 amide bonds. The van der Waals surface area contributed by atoms with Crippen molar-refractivity contribution in [1.82, 2.24) is 10.2 Å². The number of carbonyl (C=O) groups is 2. The summed E-state index contributed by atoms with van der Waals surface area (Å²) in [7, 11) is 0. The first-order valence-electron chi connectivity index (χ1n) is 7.32. The average Bonchev–Trinajstić information content (AvgIpc) is 2.35. The molecule has 0 aromatic rings. The van der Waals surface area contributed by atoms with E-state index in [2.05, 4.69) is 12.2 Å². The Morgan fingerprint density at radius 3 is 2.74 bits per heavy atom. The maximum atomic E-state index is 12.1. The summed E-state index contributed by atoms with van der Waals surface area (Å²) in [6, 6.07) is 0.388. The Bertz CT molecular complexity index is 340. The van der Waals surface area contributed by atoms with Gasteiger partial charge in [0.1, 0.15) is 0 Å². The minimum absolute atomic E-state index is 0.0388. The normalized spacial score (nSPS) is 30.6. The summed E-state index contributed by atoms with van der Waals surface area (Å²) in [6.07, 6.45) is 5.08. The smallest absolute Gasteiger partial charge is 0.317 e. The molecule has 0 radical (unpaired) electrons. The minimum Gasteiger partial charge on any atom is -0.481 e.